The molecule has 1 heterocycles. The number of likely N-dealkylation sites (tertiary alicyclic amines) is 1. The molecule has 1 aliphatic rings. The van der Waals surface area contributed by atoms with Crippen LogP contribution in [0.5, 0.6) is 0 Å². The third-order valence-corrected chi connectivity index (χ3v) is 2.70. The highest BCUT2D eigenvalue weighted by Gasteiger charge is 2.29. The third kappa shape index (κ3) is 3.51. The minimum Gasteiger partial charge on any atom is -0.481 e. The van der Waals surface area contributed by atoms with Gasteiger partial charge in [-0.3, -0.25) is 9.59 Å². The maximum absolute atomic E-state index is 11.7. The zero-order chi connectivity index (χ0) is 11.3. The van der Waals surface area contributed by atoms with E-state index in [2.05, 4.69) is 5.32 Å². The van der Waals surface area contributed by atoms with Gasteiger partial charge >= 0.3 is 5.97 Å². The van der Waals surface area contributed by atoms with Crippen LogP contribution in [0, 0.1) is 0 Å². The van der Waals surface area contributed by atoms with E-state index in [0.717, 1.165) is 12.8 Å². The Kier molecular flexibility index (Phi) is 4.55. The number of carboxylic acid groups (broad SMARTS) is 1. The summed E-state index contributed by atoms with van der Waals surface area (Å²) in [6.07, 6.45) is 2.26. The second kappa shape index (κ2) is 5.70. The van der Waals surface area contributed by atoms with Crippen LogP contribution >= 0.6 is 0 Å². The first kappa shape index (κ1) is 12.0. The molecule has 1 aliphatic heterocycles. The molecule has 0 aliphatic carbocycles. The van der Waals surface area contributed by atoms with E-state index >= 15 is 0 Å². The molecule has 0 aromatic heterocycles. The summed E-state index contributed by atoms with van der Waals surface area (Å²) >= 11 is 0. The first-order valence-electron chi connectivity index (χ1n) is 5.31. The highest BCUT2D eigenvalue weighted by Crippen LogP contribution is 2.20. The van der Waals surface area contributed by atoms with Crippen molar-refractivity contribution in [3.63, 3.8) is 0 Å². The van der Waals surface area contributed by atoms with Gasteiger partial charge in [0, 0.05) is 25.6 Å². The Morgan fingerprint density at radius 3 is 2.87 bits per heavy atom. The van der Waals surface area contributed by atoms with Crippen molar-refractivity contribution in [1.29, 1.82) is 0 Å². The summed E-state index contributed by atoms with van der Waals surface area (Å²) in [4.78, 5) is 24.0. The van der Waals surface area contributed by atoms with E-state index in [-0.39, 0.29) is 18.4 Å². The number of nitrogens with zero attached hydrogens (tertiary/aromatic N) is 1. The van der Waals surface area contributed by atoms with E-state index in [9.17, 15) is 9.59 Å². The summed E-state index contributed by atoms with van der Waals surface area (Å²) in [6.45, 7) is 1.36. The van der Waals surface area contributed by atoms with Crippen LogP contribution < -0.4 is 5.32 Å². The molecule has 0 aromatic rings. The van der Waals surface area contributed by atoms with Crippen molar-refractivity contribution in [2.45, 2.75) is 31.7 Å². The van der Waals surface area contributed by atoms with Gasteiger partial charge in [-0.25, -0.2) is 0 Å². The fourth-order valence-corrected chi connectivity index (χ4v) is 1.95. The van der Waals surface area contributed by atoms with Crippen LogP contribution in [0.1, 0.15) is 25.7 Å². The van der Waals surface area contributed by atoms with Crippen molar-refractivity contribution < 1.29 is 14.7 Å². The molecule has 0 bridgehead atoms. The lowest BCUT2D eigenvalue weighted by Crippen LogP contribution is -2.37. The molecule has 86 valence electrons. The van der Waals surface area contributed by atoms with Gasteiger partial charge in [-0.05, 0) is 19.9 Å². The normalized spacial score (nSPS) is 20.6. The number of carboxylic acids is 1. The van der Waals surface area contributed by atoms with E-state index in [1.807, 2.05) is 0 Å². The number of hydrogen-bond donors (Lipinski definition) is 2. The predicted octanol–water partition coefficient (Wildman–Crippen LogP) is 0.0616. The highest BCUT2D eigenvalue weighted by atomic mass is 16.4. The molecule has 1 amide bonds. The minimum absolute atomic E-state index is 0.0631. The summed E-state index contributed by atoms with van der Waals surface area (Å²) in [7, 11) is 1.80. The lowest BCUT2D eigenvalue weighted by molar-refractivity contribution is -0.139. The lowest BCUT2D eigenvalue weighted by Gasteiger charge is -2.23. The number of amides is 1. The van der Waals surface area contributed by atoms with E-state index in [4.69, 9.17) is 5.11 Å². The Morgan fingerprint density at radius 1 is 1.53 bits per heavy atom. The Balaban J connectivity index is 2.44. The third-order valence-electron chi connectivity index (χ3n) is 2.70. The van der Waals surface area contributed by atoms with E-state index in [1.165, 1.54) is 0 Å². The largest absolute Gasteiger partial charge is 0.481 e. The number of aliphatic carboxylic acids is 1. The summed E-state index contributed by atoms with van der Waals surface area (Å²) in [5.41, 5.74) is 0. The summed E-state index contributed by atoms with van der Waals surface area (Å²) in [5.74, 6) is -0.763. The Labute approximate surface area is 89.4 Å². The van der Waals surface area contributed by atoms with Crippen LogP contribution in [-0.2, 0) is 9.59 Å². The molecule has 1 saturated heterocycles. The van der Waals surface area contributed by atoms with Gasteiger partial charge < -0.3 is 15.3 Å². The van der Waals surface area contributed by atoms with Crippen molar-refractivity contribution in [3.8, 4) is 0 Å². The van der Waals surface area contributed by atoms with Gasteiger partial charge in [0.25, 0.3) is 0 Å². The lowest BCUT2D eigenvalue weighted by atomic mass is 10.1. The zero-order valence-electron chi connectivity index (χ0n) is 9.03. The molecule has 0 radical (unpaired) electrons. The summed E-state index contributed by atoms with van der Waals surface area (Å²) in [6, 6.07) is -0.0909. The van der Waals surface area contributed by atoms with Crippen molar-refractivity contribution in [3.05, 3.63) is 0 Å². The molecule has 1 unspecified atom stereocenters. The van der Waals surface area contributed by atoms with Gasteiger partial charge in [0.15, 0.2) is 0 Å². The molecule has 15 heavy (non-hydrogen) atoms. The SMILES string of the molecule is CNCCC(=O)N1CCCC1CC(=O)O. The van der Waals surface area contributed by atoms with E-state index in [0.29, 0.717) is 19.5 Å². The summed E-state index contributed by atoms with van der Waals surface area (Å²) in [5, 5.41) is 11.6. The molecule has 2 N–H and O–H groups in total. The predicted molar refractivity (Wildman–Crippen MR) is 55.5 cm³/mol. The van der Waals surface area contributed by atoms with E-state index < -0.39 is 5.97 Å². The number of carbonyl (C=O) groups is 2. The molecular formula is C10H18N2O3. The fraction of sp³-hybridized carbons (Fsp3) is 0.800. The van der Waals surface area contributed by atoms with Gasteiger partial charge in [0.05, 0.1) is 6.42 Å². The van der Waals surface area contributed by atoms with Crippen LogP contribution in [0.15, 0.2) is 0 Å². The molecule has 5 nitrogen and oxygen atoms in total. The molecule has 1 fully saturated rings. The fourth-order valence-electron chi connectivity index (χ4n) is 1.95. The number of carbonyl (C=O) groups excluding carboxylic acids is 1. The second-order valence-electron chi connectivity index (χ2n) is 3.83. The van der Waals surface area contributed by atoms with Gasteiger partial charge in [-0.15, -0.1) is 0 Å². The highest BCUT2D eigenvalue weighted by molar-refractivity contribution is 5.78. The van der Waals surface area contributed by atoms with Crippen LogP contribution in [0.4, 0.5) is 0 Å². The van der Waals surface area contributed by atoms with Crippen LogP contribution in [0.3, 0.4) is 0 Å². The quantitative estimate of drug-likeness (QED) is 0.679. The van der Waals surface area contributed by atoms with Crippen LogP contribution in [0.2, 0.25) is 0 Å². The van der Waals surface area contributed by atoms with Crippen molar-refractivity contribution in [2.75, 3.05) is 20.1 Å². The average molecular weight is 214 g/mol. The molecule has 0 spiro atoms. The smallest absolute Gasteiger partial charge is 0.305 e. The monoisotopic (exact) mass is 214 g/mol. The Bertz CT molecular complexity index is 243. The van der Waals surface area contributed by atoms with Crippen LogP contribution in [0.25, 0.3) is 0 Å². The van der Waals surface area contributed by atoms with Gasteiger partial charge in [-0.1, -0.05) is 0 Å². The molecular weight excluding hydrogens is 196 g/mol. The van der Waals surface area contributed by atoms with Crippen molar-refractivity contribution >= 4 is 11.9 Å². The number of hydrogen-bond acceptors (Lipinski definition) is 3. The molecule has 0 saturated carbocycles. The van der Waals surface area contributed by atoms with Crippen LogP contribution in [-0.4, -0.2) is 48.1 Å². The first-order chi connectivity index (χ1) is 7.15. The van der Waals surface area contributed by atoms with Gasteiger partial charge in [-0.2, -0.15) is 0 Å². The Hall–Kier alpha value is -1.10. The number of rotatable bonds is 5. The molecule has 1 rings (SSSR count). The molecule has 0 aromatic carbocycles. The topological polar surface area (TPSA) is 69.6 Å². The maximum atomic E-state index is 11.7. The molecule has 5 heteroatoms. The minimum atomic E-state index is -0.826. The number of nitrogens with one attached hydrogen (secondary N) is 1. The van der Waals surface area contributed by atoms with Crippen molar-refractivity contribution in [1.82, 2.24) is 10.2 Å². The zero-order valence-corrected chi connectivity index (χ0v) is 9.03. The Morgan fingerprint density at radius 2 is 2.27 bits per heavy atom. The average Bonchev–Trinajstić information content (AvgIpc) is 2.61. The van der Waals surface area contributed by atoms with Gasteiger partial charge in [0.2, 0.25) is 5.91 Å². The van der Waals surface area contributed by atoms with Gasteiger partial charge in [0.1, 0.15) is 0 Å². The standard InChI is InChI=1S/C10H18N2O3/c1-11-5-4-9(13)12-6-2-3-8(12)7-10(14)15/h8,11H,2-7H2,1H3,(H,14,15). The summed E-state index contributed by atoms with van der Waals surface area (Å²) < 4.78 is 0. The van der Waals surface area contributed by atoms with E-state index in [1.54, 1.807) is 11.9 Å². The second-order valence-corrected chi connectivity index (χ2v) is 3.83. The molecule has 1 atom stereocenters. The first-order valence-corrected chi connectivity index (χ1v) is 5.31. The van der Waals surface area contributed by atoms with Crippen molar-refractivity contribution in [2.24, 2.45) is 0 Å². The maximum Gasteiger partial charge on any atom is 0.305 e.